The molecule has 0 heterocycles. The molecule has 1 atom stereocenters. The number of aryl methyl sites for hydroxylation is 1. The fourth-order valence-corrected chi connectivity index (χ4v) is 2.72. The maximum Gasteiger partial charge on any atom is 0.124 e. The maximum absolute atomic E-state index is 5.97. The molecule has 0 spiro atoms. The van der Waals surface area contributed by atoms with Crippen LogP contribution in [-0.4, -0.2) is 12.4 Å². The number of benzene rings is 2. The van der Waals surface area contributed by atoms with Crippen LogP contribution >= 0.6 is 11.8 Å². The minimum atomic E-state index is -0.00706. The Morgan fingerprint density at radius 1 is 1.15 bits per heavy atom. The van der Waals surface area contributed by atoms with Crippen molar-refractivity contribution in [2.75, 3.05) is 12.4 Å². The molecule has 0 saturated heterocycles. The van der Waals surface area contributed by atoms with Gasteiger partial charge in [-0.25, -0.2) is 0 Å². The third-order valence-electron chi connectivity index (χ3n) is 3.01. The lowest BCUT2D eigenvalue weighted by molar-refractivity contribution is 0.338. The highest BCUT2D eigenvalue weighted by Gasteiger charge is 2.08. The van der Waals surface area contributed by atoms with Crippen LogP contribution < -0.4 is 10.5 Å². The Hall–Kier alpha value is -1.45. The third-order valence-corrected chi connectivity index (χ3v) is 3.99. The minimum absolute atomic E-state index is 0.00706. The van der Waals surface area contributed by atoms with E-state index < -0.39 is 0 Å². The Kier molecular flexibility index (Phi) is 5.50. The highest BCUT2D eigenvalue weighted by Crippen LogP contribution is 2.25. The molecule has 20 heavy (non-hydrogen) atoms. The molecule has 0 bridgehead atoms. The topological polar surface area (TPSA) is 35.2 Å². The van der Waals surface area contributed by atoms with Gasteiger partial charge in [-0.1, -0.05) is 30.3 Å². The minimum Gasteiger partial charge on any atom is -0.492 e. The van der Waals surface area contributed by atoms with Crippen LogP contribution in [0.2, 0.25) is 0 Å². The second-order valence-corrected chi connectivity index (χ2v) is 6.01. The first-order valence-electron chi connectivity index (χ1n) is 6.83. The summed E-state index contributed by atoms with van der Waals surface area (Å²) < 4.78 is 5.90. The maximum atomic E-state index is 5.97. The van der Waals surface area contributed by atoms with E-state index in [1.54, 1.807) is 11.8 Å². The van der Waals surface area contributed by atoms with Crippen LogP contribution in [-0.2, 0) is 0 Å². The van der Waals surface area contributed by atoms with Gasteiger partial charge in [0.1, 0.15) is 5.75 Å². The van der Waals surface area contributed by atoms with Crippen LogP contribution in [0.4, 0.5) is 0 Å². The highest BCUT2D eigenvalue weighted by molar-refractivity contribution is 7.99. The Bertz CT molecular complexity index is 540. The first-order chi connectivity index (χ1) is 9.66. The SMILES string of the molecule is Cc1ccc(C(C)N)c(OCCSc2ccccc2)c1. The lowest BCUT2D eigenvalue weighted by atomic mass is 10.1. The summed E-state index contributed by atoms with van der Waals surface area (Å²) in [7, 11) is 0. The molecule has 0 aliphatic rings. The van der Waals surface area contributed by atoms with E-state index in [9.17, 15) is 0 Å². The molecule has 0 radical (unpaired) electrons. The van der Waals surface area contributed by atoms with Crippen molar-refractivity contribution in [2.24, 2.45) is 5.73 Å². The lowest BCUT2D eigenvalue weighted by Crippen LogP contribution is -2.09. The van der Waals surface area contributed by atoms with Crippen molar-refractivity contribution in [3.63, 3.8) is 0 Å². The van der Waals surface area contributed by atoms with E-state index in [-0.39, 0.29) is 6.04 Å². The first-order valence-corrected chi connectivity index (χ1v) is 7.82. The number of ether oxygens (including phenoxy) is 1. The average Bonchev–Trinajstić information content (AvgIpc) is 2.44. The zero-order chi connectivity index (χ0) is 14.4. The Labute approximate surface area is 125 Å². The molecule has 0 aliphatic heterocycles. The predicted octanol–water partition coefficient (Wildman–Crippen LogP) is 4.19. The summed E-state index contributed by atoms with van der Waals surface area (Å²) in [4.78, 5) is 1.27. The van der Waals surface area contributed by atoms with Gasteiger partial charge in [-0.3, -0.25) is 0 Å². The molecule has 3 heteroatoms. The normalized spacial score (nSPS) is 12.2. The van der Waals surface area contributed by atoms with Gasteiger partial charge in [-0.15, -0.1) is 11.8 Å². The second-order valence-electron chi connectivity index (χ2n) is 4.84. The molecule has 106 valence electrons. The van der Waals surface area contributed by atoms with Gasteiger partial charge in [0.2, 0.25) is 0 Å². The second kappa shape index (κ2) is 7.36. The van der Waals surface area contributed by atoms with E-state index in [1.165, 1.54) is 10.5 Å². The molecule has 0 amide bonds. The smallest absolute Gasteiger partial charge is 0.124 e. The van der Waals surface area contributed by atoms with Crippen LogP contribution in [0.3, 0.4) is 0 Å². The van der Waals surface area contributed by atoms with Gasteiger partial charge in [0.25, 0.3) is 0 Å². The van der Waals surface area contributed by atoms with Crippen LogP contribution in [0, 0.1) is 6.92 Å². The summed E-state index contributed by atoms with van der Waals surface area (Å²) in [6.07, 6.45) is 0. The largest absolute Gasteiger partial charge is 0.492 e. The fourth-order valence-electron chi connectivity index (χ4n) is 1.97. The Morgan fingerprint density at radius 3 is 2.60 bits per heavy atom. The first kappa shape index (κ1) is 14.9. The number of nitrogens with two attached hydrogens (primary N) is 1. The number of thioether (sulfide) groups is 1. The van der Waals surface area contributed by atoms with Crippen LogP contribution in [0.15, 0.2) is 53.4 Å². The molecule has 2 nitrogen and oxygen atoms in total. The average molecular weight is 287 g/mol. The van der Waals surface area contributed by atoms with Crippen LogP contribution in [0.25, 0.3) is 0 Å². The number of rotatable bonds is 6. The van der Waals surface area contributed by atoms with Crippen LogP contribution in [0.5, 0.6) is 5.75 Å². The fraction of sp³-hybridized carbons (Fsp3) is 0.294. The molecule has 0 aromatic heterocycles. The standard InChI is InChI=1S/C17H21NOS/c1-13-8-9-16(14(2)18)17(12-13)19-10-11-20-15-6-4-3-5-7-15/h3-9,12,14H,10-11,18H2,1-2H3. The van der Waals surface area contributed by atoms with Gasteiger partial charge >= 0.3 is 0 Å². The van der Waals surface area contributed by atoms with Gasteiger partial charge in [0.05, 0.1) is 6.61 Å². The van der Waals surface area contributed by atoms with Crippen LogP contribution in [0.1, 0.15) is 24.1 Å². The number of hydrogen-bond donors (Lipinski definition) is 1. The molecule has 0 saturated carbocycles. The molecule has 2 rings (SSSR count). The zero-order valence-electron chi connectivity index (χ0n) is 12.0. The van der Waals surface area contributed by atoms with Crippen molar-refractivity contribution in [1.82, 2.24) is 0 Å². The van der Waals surface area contributed by atoms with E-state index in [2.05, 4.69) is 49.4 Å². The van der Waals surface area contributed by atoms with Gasteiger partial charge < -0.3 is 10.5 Å². The molecule has 0 fully saturated rings. The Morgan fingerprint density at radius 2 is 1.90 bits per heavy atom. The summed E-state index contributed by atoms with van der Waals surface area (Å²) >= 11 is 1.80. The lowest BCUT2D eigenvalue weighted by Gasteiger charge is -2.14. The predicted molar refractivity (Wildman–Crippen MR) is 86.4 cm³/mol. The van der Waals surface area contributed by atoms with Gasteiger partial charge in [-0.2, -0.15) is 0 Å². The molecule has 0 aliphatic carbocycles. The monoisotopic (exact) mass is 287 g/mol. The molecule has 1 unspecified atom stereocenters. The van der Waals surface area contributed by atoms with Gasteiger partial charge in [0, 0.05) is 22.3 Å². The molecule has 2 aromatic carbocycles. The van der Waals surface area contributed by atoms with Crippen molar-refractivity contribution in [1.29, 1.82) is 0 Å². The summed E-state index contributed by atoms with van der Waals surface area (Å²) in [5.74, 6) is 1.84. The Balaban J connectivity index is 1.89. The summed E-state index contributed by atoms with van der Waals surface area (Å²) in [6.45, 7) is 4.73. The summed E-state index contributed by atoms with van der Waals surface area (Å²) in [5.41, 5.74) is 8.24. The molecule has 2 aromatic rings. The van der Waals surface area contributed by atoms with Crippen molar-refractivity contribution in [3.05, 3.63) is 59.7 Å². The van der Waals surface area contributed by atoms with Gasteiger partial charge in [0.15, 0.2) is 0 Å². The van der Waals surface area contributed by atoms with E-state index in [1.807, 2.05) is 13.0 Å². The zero-order valence-corrected chi connectivity index (χ0v) is 12.8. The quantitative estimate of drug-likeness (QED) is 0.639. The van der Waals surface area contributed by atoms with Crippen molar-refractivity contribution < 1.29 is 4.74 Å². The number of hydrogen-bond acceptors (Lipinski definition) is 3. The van der Waals surface area contributed by atoms with E-state index in [0.717, 1.165) is 17.1 Å². The molecule has 2 N–H and O–H groups in total. The van der Waals surface area contributed by atoms with Gasteiger partial charge in [-0.05, 0) is 37.6 Å². The van der Waals surface area contributed by atoms with Crippen molar-refractivity contribution in [3.8, 4) is 5.75 Å². The highest BCUT2D eigenvalue weighted by atomic mass is 32.2. The van der Waals surface area contributed by atoms with Crippen molar-refractivity contribution >= 4 is 11.8 Å². The van der Waals surface area contributed by atoms with E-state index in [0.29, 0.717) is 6.61 Å². The van der Waals surface area contributed by atoms with E-state index >= 15 is 0 Å². The summed E-state index contributed by atoms with van der Waals surface area (Å²) in [5, 5.41) is 0. The van der Waals surface area contributed by atoms with Crippen molar-refractivity contribution in [2.45, 2.75) is 24.8 Å². The summed E-state index contributed by atoms with van der Waals surface area (Å²) in [6, 6.07) is 16.6. The molecular weight excluding hydrogens is 266 g/mol. The molecular formula is C17H21NOS. The third kappa shape index (κ3) is 4.29. The van der Waals surface area contributed by atoms with E-state index in [4.69, 9.17) is 10.5 Å².